The minimum absolute atomic E-state index is 0.230. The minimum atomic E-state index is -4.44. The smallest absolute Gasteiger partial charge is 0.416 e. The molecule has 0 saturated heterocycles. The molecule has 1 aromatic carbocycles. The summed E-state index contributed by atoms with van der Waals surface area (Å²) in [4.78, 5) is 13.5. The van der Waals surface area contributed by atoms with Crippen LogP contribution in [0.3, 0.4) is 0 Å². The molecule has 0 aliphatic carbocycles. The van der Waals surface area contributed by atoms with Crippen LogP contribution in [0, 0.1) is 6.92 Å². The number of rotatable bonds is 4. The fraction of sp³-hybridized carbons (Fsp3) is 0.333. The zero-order valence-electron chi connectivity index (χ0n) is 18.8. The summed E-state index contributed by atoms with van der Waals surface area (Å²) in [6.07, 6.45) is 1.28. The van der Waals surface area contributed by atoms with Crippen molar-refractivity contribution in [1.29, 1.82) is 0 Å². The Morgan fingerprint density at radius 1 is 1.06 bits per heavy atom. The molecule has 1 aliphatic rings. The van der Waals surface area contributed by atoms with Crippen molar-refractivity contribution in [1.82, 2.24) is 29.3 Å². The van der Waals surface area contributed by atoms with E-state index in [0.717, 1.165) is 24.6 Å². The Morgan fingerprint density at radius 2 is 1.88 bits per heavy atom. The van der Waals surface area contributed by atoms with E-state index in [1.165, 1.54) is 13.2 Å². The number of pyridine rings is 1. The van der Waals surface area contributed by atoms with E-state index in [1.54, 1.807) is 29.2 Å². The number of halogens is 3. The maximum atomic E-state index is 13.7. The van der Waals surface area contributed by atoms with E-state index in [1.807, 2.05) is 23.8 Å². The number of benzene rings is 1. The van der Waals surface area contributed by atoms with Crippen molar-refractivity contribution in [2.75, 3.05) is 7.11 Å². The number of aromatic nitrogens is 6. The molecule has 1 atom stereocenters. The molecule has 0 bridgehead atoms. The number of fused-ring (bicyclic) bond motifs is 1. The van der Waals surface area contributed by atoms with Crippen molar-refractivity contribution in [2.45, 2.75) is 44.8 Å². The Kier molecular flexibility index (Phi) is 5.59. The van der Waals surface area contributed by atoms with Crippen LogP contribution in [0.4, 0.5) is 13.2 Å². The van der Waals surface area contributed by atoms with E-state index in [9.17, 15) is 13.2 Å². The van der Waals surface area contributed by atoms with Gasteiger partial charge in [0.25, 0.3) is 0 Å². The molecule has 1 aliphatic heterocycles. The second kappa shape index (κ2) is 8.58. The fourth-order valence-corrected chi connectivity index (χ4v) is 4.44. The zero-order chi connectivity index (χ0) is 23.9. The maximum absolute atomic E-state index is 13.7. The normalized spacial score (nSPS) is 16.2. The van der Waals surface area contributed by atoms with Crippen LogP contribution in [0.25, 0.3) is 17.2 Å². The van der Waals surface area contributed by atoms with E-state index in [2.05, 4.69) is 15.1 Å². The van der Waals surface area contributed by atoms with E-state index >= 15 is 0 Å². The van der Waals surface area contributed by atoms with Gasteiger partial charge in [-0.25, -0.2) is 19.6 Å². The summed E-state index contributed by atoms with van der Waals surface area (Å²) in [6.45, 7) is 2.48. The molecule has 0 saturated carbocycles. The first-order valence-electron chi connectivity index (χ1n) is 11.0. The van der Waals surface area contributed by atoms with E-state index in [-0.39, 0.29) is 5.56 Å². The number of ether oxygens (including phenoxy) is 1. The molecule has 4 heterocycles. The largest absolute Gasteiger partial charge is 0.479 e. The second-order valence-corrected chi connectivity index (χ2v) is 8.30. The SMILES string of the molecule is COc1nc(-c2nc3n(n2)CCCC[C@H]3c2ccccc2C(F)(F)F)ccc1-n1cnc(C)c1. The summed E-state index contributed by atoms with van der Waals surface area (Å²) in [6, 6.07) is 9.34. The molecule has 0 radical (unpaired) electrons. The predicted octanol–water partition coefficient (Wildman–Crippen LogP) is 5.18. The van der Waals surface area contributed by atoms with E-state index in [0.29, 0.717) is 41.9 Å². The first-order valence-corrected chi connectivity index (χ1v) is 11.0. The van der Waals surface area contributed by atoms with Crippen LogP contribution < -0.4 is 4.74 Å². The average Bonchev–Trinajstić information content (AvgIpc) is 3.39. The predicted molar refractivity (Wildman–Crippen MR) is 119 cm³/mol. The lowest BCUT2D eigenvalue weighted by Gasteiger charge is -2.19. The van der Waals surface area contributed by atoms with Gasteiger partial charge in [-0.3, -0.25) is 0 Å². The topological polar surface area (TPSA) is 70.7 Å². The summed E-state index contributed by atoms with van der Waals surface area (Å²) in [7, 11) is 1.53. The van der Waals surface area contributed by atoms with Gasteiger partial charge in [0.2, 0.25) is 5.88 Å². The number of imidazole rings is 1. The van der Waals surface area contributed by atoms with E-state index < -0.39 is 17.7 Å². The molecule has 0 spiro atoms. The third-order valence-electron chi connectivity index (χ3n) is 6.02. The molecule has 5 rings (SSSR count). The monoisotopic (exact) mass is 468 g/mol. The Morgan fingerprint density at radius 3 is 2.62 bits per heavy atom. The lowest BCUT2D eigenvalue weighted by molar-refractivity contribution is -0.138. The Hall–Kier alpha value is -3.69. The van der Waals surface area contributed by atoms with Gasteiger partial charge in [0.15, 0.2) is 5.82 Å². The van der Waals surface area contributed by atoms with Gasteiger partial charge in [-0.1, -0.05) is 24.6 Å². The van der Waals surface area contributed by atoms with Crippen LogP contribution in [0.2, 0.25) is 0 Å². The van der Waals surface area contributed by atoms with Gasteiger partial charge in [0.05, 0.1) is 24.7 Å². The van der Waals surface area contributed by atoms with Crippen LogP contribution in [0.5, 0.6) is 5.88 Å². The summed E-state index contributed by atoms with van der Waals surface area (Å²) in [5.41, 5.74) is 1.66. The van der Waals surface area contributed by atoms with Crippen molar-refractivity contribution >= 4 is 0 Å². The Bertz CT molecular complexity index is 1330. The number of hydrogen-bond donors (Lipinski definition) is 0. The molecule has 0 N–H and O–H groups in total. The molecular weight excluding hydrogens is 445 g/mol. The summed E-state index contributed by atoms with van der Waals surface area (Å²) >= 11 is 0. The number of hydrogen-bond acceptors (Lipinski definition) is 5. The molecule has 176 valence electrons. The molecule has 0 fully saturated rings. The number of methoxy groups -OCH3 is 1. The molecule has 4 aromatic rings. The highest BCUT2D eigenvalue weighted by Crippen LogP contribution is 2.40. The van der Waals surface area contributed by atoms with Crippen LogP contribution in [0.15, 0.2) is 48.9 Å². The molecular formula is C24H23F3N6O. The Balaban J connectivity index is 1.57. The van der Waals surface area contributed by atoms with Crippen molar-refractivity contribution in [2.24, 2.45) is 0 Å². The van der Waals surface area contributed by atoms with Gasteiger partial charge in [0.1, 0.15) is 17.2 Å². The third-order valence-corrected chi connectivity index (χ3v) is 6.02. The number of nitrogens with zero attached hydrogens (tertiary/aromatic N) is 6. The van der Waals surface area contributed by atoms with Crippen LogP contribution in [-0.4, -0.2) is 36.4 Å². The molecule has 0 unspecified atom stereocenters. The van der Waals surface area contributed by atoms with Gasteiger partial charge >= 0.3 is 6.18 Å². The highest BCUT2D eigenvalue weighted by Gasteiger charge is 2.37. The molecule has 7 nitrogen and oxygen atoms in total. The molecule has 34 heavy (non-hydrogen) atoms. The highest BCUT2D eigenvalue weighted by molar-refractivity contribution is 5.55. The van der Waals surface area contributed by atoms with E-state index in [4.69, 9.17) is 9.72 Å². The van der Waals surface area contributed by atoms with Gasteiger partial charge < -0.3 is 9.30 Å². The number of aryl methyl sites for hydroxylation is 2. The van der Waals surface area contributed by atoms with Crippen LogP contribution in [-0.2, 0) is 12.7 Å². The van der Waals surface area contributed by atoms with Crippen molar-refractivity contribution in [3.8, 4) is 23.1 Å². The Labute approximate surface area is 194 Å². The highest BCUT2D eigenvalue weighted by atomic mass is 19.4. The third kappa shape index (κ3) is 4.04. The van der Waals surface area contributed by atoms with Gasteiger partial charge in [-0.15, -0.1) is 5.10 Å². The standard InChI is InChI=1S/C24H23F3N6O/c1-15-13-32(14-28-15)20-11-10-19(29-23(20)34-2)21-30-22-17(8-5-6-12-33(22)31-21)16-7-3-4-9-18(16)24(25,26)27/h3-4,7,9-11,13-14,17H,5-6,8,12H2,1-2H3/t17-/m0/s1. The van der Waals surface area contributed by atoms with Crippen LogP contribution >= 0.6 is 0 Å². The summed E-state index contributed by atoms with van der Waals surface area (Å²) < 4.78 is 50.2. The fourth-order valence-electron chi connectivity index (χ4n) is 4.44. The zero-order valence-corrected chi connectivity index (χ0v) is 18.8. The molecule has 0 amide bonds. The lowest BCUT2D eigenvalue weighted by Crippen LogP contribution is -2.15. The van der Waals surface area contributed by atoms with Gasteiger partial charge in [-0.2, -0.15) is 13.2 Å². The minimum Gasteiger partial charge on any atom is -0.479 e. The van der Waals surface area contributed by atoms with Gasteiger partial charge in [0, 0.05) is 18.7 Å². The van der Waals surface area contributed by atoms with Crippen molar-refractivity contribution in [3.63, 3.8) is 0 Å². The average molecular weight is 468 g/mol. The maximum Gasteiger partial charge on any atom is 0.416 e. The lowest BCUT2D eigenvalue weighted by atomic mass is 9.89. The van der Waals surface area contributed by atoms with Crippen LogP contribution in [0.1, 0.15) is 47.8 Å². The first-order chi connectivity index (χ1) is 16.3. The summed E-state index contributed by atoms with van der Waals surface area (Å²) in [5, 5.41) is 4.62. The molecule has 3 aromatic heterocycles. The number of alkyl halides is 3. The quantitative estimate of drug-likeness (QED) is 0.413. The van der Waals surface area contributed by atoms with Gasteiger partial charge in [-0.05, 0) is 43.5 Å². The molecule has 10 heteroatoms. The first kappa shape index (κ1) is 22.1. The summed E-state index contributed by atoms with van der Waals surface area (Å²) in [5.74, 6) is 0.757. The van der Waals surface area contributed by atoms with Crippen molar-refractivity contribution < 1.29 is 17.9 Å². The second-order valence-electron chi connectivity index (χ2n) is 8.30. The van der Waals surface area contributed by atoms with Crippen molar-refractivity contribution in [3.05, 3.63) is 71.6 Å².